The van der Waals surface area contributed by atoms with Gasteiger partial charge in [-0.25, -0.2) is 4.98 Å². The minimum atomic E-state index is 0.180. The van der Waals surface area contributed by atoms with Gasteiger partial charge in [0.2, 0.25) is 5.91 Å². The summed E-state index contributed by atoms with van der Waals surface area (Å²) in [4.78, 5) is 22.6. The fourth-order valence-corrected chi connectivity index (χ4v) is 3.86. The van der Waals surface area contributed by atoms with Gasteiger partial charge in [-0.15, -0.1) is 0 Å². The third kappa shape index (κ3) is 2.93. The molecule has 1 aliphatic rings. The fourth-order valence-electron chi connectivity index (χ4n) is 3.86. The second kappa shape index (κ2) is 6.36. The molecule has 0 saturated heterocycles. The molecule has 1 N–H and O–H groups in total. The van der Waals surface area contributed by atoms with Crippen molar-refractivity contribution in [1.82, 2.24) is 14.9 Å². The van der Waals surface area contributed by atoms with Crippen molar-refractivity contribution in [2.45, 2.75) is 38.6 Å². The van der Waals surface area contributed by atoms with Crippen LogP contribution >= 0.6 is 0 Å². The second-order valence-corrected chi connectivity index (χ2v) is 6.91. The molecule has 0 fully saturated rings. The Morgan fingerprint density at radius 3 is 2.92 bits per heavy atom. The molecule has 1 aliphatic carbocycles. The van der Waals surface area contributed by atoms with Crippen molar-refractivity contribution in [2.75, 3.05) is 7.05 Å². The Kier molecular flexibility index (Phi) is 4.04. The van der Waals surface area contributed by atoms with E-state index in [-0.39, 0.29) is 11.9 Å². The van der Waals surface area contributed by atoms with E-state index >= 15 is 0 Å². The maximum absolute atomic E-state index is 12.7. The molecule has 4 nitrogen and oxygen atoms in total. The van der Waals surface area contributed by atoms with Crippen molar-refractivity contribution in [3.63, 3.8) is 0 Å². The van der Waals surface area contributed by atoms with E-state index in [0.717, 1.165) is 35.3 Å². The summed E-state index contributed by atoms with van der Waals surface area (Å²) in [5.41, 5.74) is 5.88. The average Bonchev–Trinajstić information content (AvgIpc) is 3.23. The van der Waals surface area contributed by atoms with E-state index in [0.29, 0.717) is 12.8 Å². The van der Waals surface area contributed by atoms with E-state index in [9.17, 15) is 4.79 Å². The third-order valence-corrected chi connectivity index (χ3v) is 5.30. The Bertz CT molecular complexity index is 928. The predicted molar refractivity (Wildman–Crippen MR) is 99.4 cm³/mol. The van der Waals surface area contributed by atoms with Gasteiger partial charge in [0.15, 0.2) is 0 Å². The summed E-state index contributed by atoms with van der Waals surface area (Å²) in [5, 5.41) is 0. The number of carbonyl (C=O) groups excluding carboxylic acids is 1. The van der Waals surface area contributed by atoms with Gasteiger partial charge in [-0.3, -0.25) is 4.79 Å². The van der Waals surface area contributed by atoms with Gasteiger partial charge in [-0.2, -0.15) is 0 Å². The highest BCUT2D eigenvalue weighted by Gasteiger charge is 2.28. The van der Waals surface area contributed by atoms with Crippen LogP contribution in [0.2, 0.25) is 0 Å². The number of nitrogens with one attached hydrogen (secondary N) is 1. The minimum absolute atomic E-state index is 0.180. The lowest BCUT2D eigenvalue weighted by molar-refractivity contribution is -0.132. The highest BCUT2D eigenvalue weighted by atomic mass is 16.2. The van der Waals surface area contributed by atoms with Gasteiger partial charge in [-0.1, -0.05) is 36.4 Å². The van der Waals surface area contributed by atoms with Crippen molar-refractivity contribution in [3.05, 3.63) is 65.0 Å². The zero-order valence-electron chi connectivity index (χ0n) is 14.7. The molecule has 3 aromatic rings. The van der Waals surface area contributed by atoms with Crippen LogP contribution in [-0.2, 0) is 17.6 Å². The van der Waals surface area contributed by atoms with E-state index in [4.69, 9.17) is 0 Å². The summed E-state index contributed by atoms with van der Waals surface area (Å²) in [6.07, 6.45) is 3.20. The molecule has 4 heteroatoms. The average molecular weight is 333 g/mol. The zero-order chi connectivity index (χ0) is 17.4. The Balaban J connectivity index is 1.44. The summed E-state index contributed by atoms with van der Waals surface area (Å²) in [6, 6.07) is 14.8. The Morgan fingerprint density at radius 1 is 1.24 bits per heavy atom. The van der Waals surface area contributed by atoms with Crippen molar-refractivity contribution < 1.29 is 4.79 Å². The number of H-pyrrole nitrogens is 1. The van der Waals surface area contributed by atoms with Crippen LogP contribution in [-0.4, -0.2) is 27.8 Å². The van der Waals surface area contributed by atoms with Gasteiger partial charge in [0.1, 0.15) is 5.82 Å². The molecule has 0 radical (unpaired) electrons. The summed E-state index contributed by atoms with van der Waals surface area (Å²) in [7, 11) is 1.93. The van der Waals surface area contributed by atoms with Gasteiger partial charge < -0.3 is 9.88 Å². The Morgan fingerprint density at radius 2 is 2.08 bits per heavy atom. The number of aryl methyl sites for hydroxylation is 3. The summed E-state index contributed by atoms with van der Waals surface area (Å²) in [6.45, 7) is 2.06. The van der Waals surface area contributed by atoms with Gasteiger partial charge in [0.25, 0.3) is 0 Å². The molecule has 1 amide bonds. The van der Waals surface area contributed by atoms with Crippen molar-refractivity contribution in [3.8, 4) is 0 Å². The fraction of sp³-hybridized carbons (Fsp3) is 0.333. The zero-order valence-corrected chi connectivity index (χ0v) is 14.7. The first kappa shape index (κ1) is 15.9. The highest BCUT2D eigenvalue weighted by molar-refractivity contribution is 5.79. The number of fused-ring (bicyclic) bond motifs is 2. The molecule has 0 bridgehead atoms. The lowest BCUT2D eigenvalue weighted by Crippen LogP contribution is -2.30. The Hall–Kier alpha value is -2.62. The van der Waals surface area contributed by atoms with E-state index in [1.165, 1.54) is 11.1 Å². The molecule has 1 aromatic heterocycles. The normalized spacial score (nSPS) is 16.2. The molecular formula is C21H23N3O. The molecule has 4 rings (SSSR count). The maximum atomic E-state index is 12.7. The highest BCUT2D eigenvalue weighted by Crippen LogP contribution is 2.35. The number of nitrogens with zero attached hydrogens (tertiary/aromatic N) is 2. The minimum Gasteiger partial charge on any atom is -0.342 e. The Labute approximate surface area is 147 Å². The number of hydrogen-bond donors (Lipinski definition) is 1. The van der Waals surface area contributed by atoms with Crippen molar-refractivity contribution in [2.24, 2.45) is 0 Å². The quantitative estimate of drug-likeness (QED) is 0.786. The number of para-hydroxylation sites is 1. The number of aromatic amines is 1. The van der Waals surface area contributed by atoms with Gasteiger partial charge in [0, 0.05) is 19.9 Å². The van der Waals surface area contributed by atoms with Gasteiger partial charge >= 0.3 is 0 Å². The van der Waals surface area contributed by atoms with Crippen LogP contribution in [0.4, 0.5) is 0 Å². The first-order chi connectivity index (χ1) is 12.1. The molecular weight excluding hydrogens is 310 g/mol. The van der Waals surface area contributed by atoms with Gasteiger partial charge in [0.05, 0.1) is 17.1 Å². The lowest BCUT2D eigenvalue weighted by Gasteiger charge is -2.25. The summed E-state index contributed by atoms with van der Waals surface area (Å²) >= 11 is 0. The summed E-state index contributed by atoms with van der Waals surface area (Å²) in [5.74, 6) is 1.07. The van der Waals surface area contributed by atoms with Crippen LogP contribution < -0.4 is 0 Å². The standard InChI is InChI=1S/C21H23N3O/c1-14-6-5-9-17-21(14)23-19(22-17)12-13-20(25)24(2)18-11-10-15-7-3-4-8-16(15)18/h3-9,18H,10-13H2,1-2H3,(H,22,23). The van der Waals surface area contributed by atoms with E-state index in [1.807, 2.05) is 24.1 Å². The molecule has 1 atom stereocenters. The molecule has 0 saturated carbocycles. The van der Waals surface area contributed by atoms with Crippen LogP contribution in [0, 0.1) is 6.92 Å². The lowest BCUT2D eigenvalue weighted by atomic mass is 10.1. The first-order valence-electron chi connectivity index (χ1n) is 8.91. The predicted octanol–water partition coefficient (Wildman–Crippen LogP) is 3.95. The van der Waals surface area contributed by atoms with Crippen LogP contribution in [0.25, 0.3) is 11.0 Å². The van der Waals surface area contributed by atoms with E-state index < -0.39 is 0 Å². The number of hydrogen-bond acceptors (Lipinski definition) is 2. The van der Waals surface area contributed by atoms with Crippen LogP contribution in [0.1, 0.15) is 41.4 Å². The van der Waals surface area contributed by atoms with Crippen molar-refractivity contribution >= 4 is 16.9 Å². The second-order valence-electron chi connectivity index (χ2n) is 6.91. The topological polar surface area (TPSA) is 49.0 Å². The van der Waals surface area contributed by atoms with E-state index in [2.05, 4.69) is 47.2 Å². The largest absolute Gasteiger partial charge is 0.342 e. The molecule has 0 spiro atoms. The third-order valence-electron chi connectivity index (χ3n) is 5.30. The number of benzene rings is 2. The van der Waals surface area contributed by atoms with Crippen LogP contribution in [0.15, 0.2) is 42.5 Å². The number of carbonyl (C=O) groups is 1. The van der Waals surface area contributed by atoms with E-state index in [1.54, 1.807) is 0 Å². The molecule has 1 heterocycles. The number of rotatable bonds is 4. The smallest absolute Gasteiger partial charge is 0.223 e. The van der Waals surface area contributed by atoms with Crippen molar-refractivity contribution in [1.29, 1.82) is 0 Å². The van der Waals surface area contributed by atoms with Crippen LogP contribution in [0.5, 0.6) is 0 Å². The number of aromatic nitrogens is 2. The molecule has 2 aromatic carbocycles. The molecule has 0 aliphatic heterocycles. The SMILES string of the molecule is Cc1cccc2[nH]c(CCC(=O)N(C)C3CCc4ccccc43)nc12. The number of imidazole rings is 1. The first-order valence-corrected chi connectivity index (χ1v) is 8.91. The molecule has 128 valence electrons. The molecule has 25 heavy (non-hydrogen) atoms. The molecule has 1 unspecified atom stereocenters. The number of amides is 1. The maximum Gasteiger partial charge on any atom is 0.223 e. The van der Waals surface area contributed by atoms with Gasteiger partial charge in [-0.05, 0) is 42.5 Å². The van der Waals surface area contributed by atoms with Crippen LogP contribution in [0.3, 0.4) is 0 Å². The summed E-state index contributed by atoms with van der Waals surface area (Å²) < 4.78 is 0. The monoisotopic (exact) mass is 333 g/mol.